The molecule has 3 N–H and O–H groups in total. The number of halogens is 1. The molecule has 20 heavy (non-hydrogen) atoms. The van der Waals surface area contributed by atoms with Crippen LogP contribution < -0.4 is 10.5 Å². The fourth-order valence-corrected chi connectivity index (χ4v) is 2.88. The zero-order chi connectivity index (χ0) is 15.3. The van der Waals surface area contributed by atoms with Crippen LogP contribution in [0.25, 0.3) is 0 Å². The summed E-state index contributed by atoms with van der Waals surface area (Å²) in [6, 6.07) is 3.65. The number of nitrogens with two attached hydrogens (primary N) is 1. The second-order valence-corrected chi connectivity index (χ2v) is 7.77. The smallest absolute Gasteiger partial charge is 0.251 e. The van der Waals surface area contributed by atoms with Gasteiger partial charge in [-0.1, -0.05) is 18.5 Å². The first-order valence-electron chi connectivity index (χ1n) is 5.70. The molecule has 1 unspecified atom stereocenters. The van der Waals surface area contributed by atoms with E-state index in [-0.39, 0.29) is 22.0 Å². The topological polar surface area (TPSA) is 106 Å². The minimum atomic E-state index is -3.93. The molecule has 0 aliphatic rings. The Bertz CT molecular complexity index is 631. The van der Waals surface area contributed by atoms with Gasteiger partial charge in [0, 0.05) is 39.4 Å². The number of primary sulfonamides is 1. The Labute approximate surface area is 125 Å². The summed E-state index contributed by atoms with van der Waals surface area (Å²) in [6.07, 6.45) is 0. The first kappa shape index (κ1) is 17.1. The normalized spacial score (nSPS) is 12.9. The number of amides is 1. The Kier molecular flexibility index (Phi) is 6.12. The van der Waals surface area contributed by atoms with Gasteiger partial charge >= 0.3 is 0 Å². The molecule has 1 aromatic carbocycles. The van der Waals surface area contributed by atoms with Crippen molar-refractivity contribution in [3.63, 3.8) is 0 Å². The second-order valence-electron chi connectivity index (χ2n) is 3.91. The quantitative estimate of drug-likeness (QED) is 0.787. The number of carbonyl (C=O) groups excluding carboxylic acids is 1. The molecule has 1 rings (SSSR count). The van der Waals surface area contributed by atoms with E-state index >= 15 is 0 Å². The maximum absolute atomic E-state index is 11.8. The van der Waals surface area contributed by atoms with E-state index in [1.165, 1.54) is 12.1 Å². The van der Waals surface area contributed by atoms with Crippen molar-refractivity contribution in [1.82, 2.24) is 5.32 Å². The van der Waals surface area contributed by atoms with Crippen LogP contribution in [0.1, 0.15) is 17.3 Å². The number of benzene rings is 1. The van der Waals surface area contributed by atoms with Crippen molar-refractivity contribution in [2.45, 2.75) is 11.8 Å². The molecule has 0 bridgehead atoms. The van der Waals surface area contributed by atoms with E-state index in [4.69, 9.17) is 16.7 Å². The van der Waals surface area contributed by atoms with E-state index < -0.39 is 26.7 Å². The van der Waals surface area contributed by atoms with Gasteiger partial charge in [0.15, 0.2) is 0 Å². The fourth-order valence-electron chi connectivity index (χ4n) is 1.38. The highest BCUT2D eigenvalue weighted by Gasteiger charge is 2.14. The van der Waals surface area contributed by atoms with Crippen molar-refractivity contribution in [1.29, 1.82) is 0 Å². The number of carbonyl (C=O) groups is 1. The minimum Gasteiger partial charge on any atom is -0.351 e. The summed E-state index contributed by atoms with van der Waals surface area (Å²) >= 11 is 5.76. The van der Waals surface area contributed by atoms with Crippen LogP contribution in [0, 0.1) is 0 Å². The maximum atomic E-state index is 11.8. The average molecular weight is 339 g/mol. The van der Waals surface area contributed by atoms with Crippen LogP contribution in [0.15, 0.2) is 23.1 Å². The van der Waals surface area contributed by atoms with E-state index in [0.29, 0.717) is 11.5 Å². The first-order valence-corrected chi connectivity index (χ1v) is 9.12. The molecule has 0 spiro atoms. The van der Waals surface area contributed by atoms with E-state index in [1.807, 2.05) is 0 Å². The molecule has 0 fully saturated rings. The maximum Gasteiger partial charge on any atom is 0.251 e. The lowest BCUT2D eigenvalue weighted by molar-refractivity contribution is 0.0956. The van der Waals surface area contributed by atoms with Crippen molar-refractivity contribution in [2.24, 2.45) is 5.14 Å². The molecule has 9 heteroatoms. The standard InChI is InChI=1S/C11H15ClN2O4S2/c1-2-19(16)4-3-14-11(15)8-5-9(12)7-10(6-8)20(13,17)18/h5-7H,2-4H2,1H3,(H,14,15)(H2,13,17,18). The van der Waals surface area contributed by atoms with Crippen molar-refractivity contribution in [3.05, 3.63) is 28.8 Å². The molecule has 1 amide bonds. The van der Waals surface area contributed by atoms with Crippen LogP contribution in [0.5, 0.6) is 0 Å². The molecule has 0 aliphatic heterocycles. The van der Waals surface area contributed by atoms with Crippen molar-refractivity contribution < 1.29 is 17.4 Å². The van der Waals surface area contributed by atoms with Gasteiger partial charge in [0.2, 0.25) is 10.0 Å². The first-order chi connectivity index (χ1) is 9.24. The van der Waals surface area contributed by atoms with Gasteiger partial charge < -0.3 is 5.32 Å². The lowest BCUT2D eigenvalue weighted by atomic mass is 10.2. The van der Waals surface area contributed by atoms with Gasteiger partial charge in [0.05, 0.1) is 4.90 Å². The van der Waals surface area contributed by atoms with Crippen LogP contribution >= 0.6 is 11.6 Å². The Balaban J connectivity index is 2.83. The number of rotatable bonds is 6. The second kappa shape index (κ2) is 7.16. The van der Waals surface area contributed by atoms with Gasteiger partial charge in [-0.25, -0.2) is 13.6 Å². The molecule has 0 saturated carbocycles. The molecule has 0 heterocycles. The lowest BCUT2D eigenvalue weighted by Gasteiger charge is -2.07. The molecule has 112 valence electrons. The van der Waals surface area contributed by atoms with E-state index in [0.717, 1.165) is 6.07 Å². The third-order valence-electron chi connectivity index (χ3n) is 2.40. The largest absolute Gasteiger partial charge is 0.351 e. The molecule has 1 atom stereocenters. The summed E-state index contributed by atoms with van der Waals surface area (Å²) in [7, 11) is -4.91. The van der Waals surface area contributed by atoms with Crippen molar-refractivity contribution in [3.8, 4) is 0 Å². The van der Waals surface area contributed by atoms with Gasteiger partial charge in [-0.3, -0.25) is 9.00 Å². The van der Waals surface area contributed by atoms with Gasteiger partial charge in [0.25, 0.3) is 5.91 Å². The number of nitrogens with one attached hydrogen (secondary N) is 1. The molecule has 6 nitrogen and oxygen atoms in total. The highest BCUT2D eigenvalue weighted by atomic mass is 35.5. The van der Waals surface area contributed by atoms with E-state index in [9.17, 15) is 17.4 Å². The molecular formula is C11H15ClN2O4S2. The summed E-state index contributed by atoms with van der Waals surface area (Å²) in [5, 5.41) is 7.63. The molecule has 0 radical (unpaired) electrons. The predicted octanol–water partition coefficient (Wildman–Crippen LogP) is 0.486. The molecule has 0 saturated heterocycles. The third-order valence-corrected chi connectivity index (χ3v) is 4.81. The van der Waals surface area contributed by atoms with Crippen LogP contribution in [0.4, 0.5) is 0 Å². The fraction of sp³-hybridized carbons (Fsp3) is 0.364. The molecule has 0 aromatic heterocycles. The van der Waals surface area contributed by atoms with Crippen LogP contribution in [0.2, 0.25) is 5.02 Å². The number of hydrogen-bond acceptors (Lipinski definition) is 4. The molecule has 0 aliphatic carbocycles. The van der Waals surface area contributed by atoms with E-state index in [1.54, 1.807) is 6.92 Å². The van der Waals surface area contributed by atoms with Gasteiger partial charge in [-0.2, -0.15) is 0 Å². The zero-order valence-corrected chi connectivity index (χ0v) is 13.1. The molecular weight excluding hydrogens is 324 g/mol. The Hall–Kier alpha value is -0.960. The summed E-state index contributed by atoms with van der Waals surface area (Å²) in [5.74, 6) is 0.360. The van der Waals surface area contributed by atoms with Crippen LogP contribution in [-0.4, -0.2) is 36.6 Å². The monoisotopic (exact) mass is 338 g/mol. The SMILES string of the molecule is CCS(=O)CCNC(=O)c1cc(Cl)cc(S(N)(=O)=O)c1. The number of sulfonamides is 1. The zero-order valence-electron chi connectivity index (χ0n) is 10.8. The van der Waals surface area contributed by atoms with Crippen molar-refractivity contribution in [2.75, 3.05) is 18.1 Å². The summed E-state index contributed by atoms with van der Waals surface area (Å²) in [5.41, 5.74) is 0.0869. The number of hydrogen-bond donors (Lipinski definition) is 2. The Morgan fingerprint density at radius 2 is 2.05 bits per heavy atom. The van der Waals surface area contributed by atoms with Crippen LogP contribution in [0.3, 0.4) is 0 Å². The average Bonchev–Trinajstić information content (AvgIpc) is 2.36. The lowest BCUT2D eigenvalue weighted by Crippen LogP contribution is -2.28. The molecule has 1 aromatic rings. The predicted molar refractivity (Wildman–Crippen MR) is 78.7 cm³/mol. The summed E-state index contributed by atoms with van der Waals surface area (Å²) in [6.45, 7) is 2.02. The van der Waals surface area contributed by atoms with Gasteiger partial charge in [-0.05, 0) is 18.2 Å². The summed E-state index contributed by atoms with van der Waals surface area (Å²) in [4.78, 5) is 11.6. The van der Waals surface area contributed by atoms with E-state index in [2.05, 4.69) is 5.32 Å². The van der Waals surface area contributed by atoms with Gasteiger partial charge in [0.1, 0.15) is 0 Å². The highest BCUT2D eigenvalue weighted by Crippen LogP contribution is 2.18. The Morgan fingerprint density at radius 3 is 2.60 bits per heavy atom. The Morgan fingerprint density at radius 1 is 1.40 bits per heavy atom. The van der Waals surface area contributed by atoms with Gasteiger partial charge in [-0.15, -0.1) is 0 Å². The third kappa shape index (κ3) is 5.20. The minimum absolute atomic E-state index is 0.0869. The van der Waals surface area contributed by atoms with Crippen molar-refractivity contribution >= 4 is 38.3 Å². The van der Waals surface area contributed by atoms with Crippen LogP contribution in [-0.2, 0) is 20.8 Å². The summed E-state index contributed by atoms with van der Waals surface area (Å²) < 4.78 is 33.7. The highest BCUT2D eigenvalue weighted by molar-refractivity contribution is 7.89.